The molecule has 2 nitrogen and oxygen atoms in total. The summed E-state index contributed by atoms with van der Waals surface area (Å²) >= 11 is 0. The van der Waals surface area contributed by atoms with Crippen LogP contribution >= 0.6 is 0 Å². The van der Waals surface area contributed by atoms with Crippen LogP contribution in [-0.2, 0) is 0 Å². The minimum Gasteiger partial charge on any atom is -0.405 e. The van der Waals surface area contributed by atoms with E-state index in [4.69, 9.17) is 10.8 Å². The average molecular weight is 101 g/mol. The highest BCUT2D eigenvalue weighted by molar-refractivity contribution is 4.91. The quantitative estimate of drug-likeness (QED) is 0.496. The standard InChI is InChI=1S/C5H11NO/c1-5(2,7)3-4-6/h3-4,7H,6H2,1-2H3. The van der Waals surface area contributed by atoms with Crippen molar-refractivity contribution in [3.05, 3.63) is 12.3 Å². The predicted octanol–water partition coefficient (Wildman–Crippen LogP) is 0.230. The third-order valence-corrected chi connectivity index (χ3v) is 0.504. The first kappa shape index (κ1) is 6.50. The fraction of sp³-hybridized carbons (Fsp3) is 0.600. The maximum atomic E-state index is 8.85. The molecule has 0 radical (unpaired) electrons. The van der Waals surface area contributed by atoms with Crippen molar-refractivity contribution in [2.24, 2.45) is 5.73 Å². The third-order valence-electron chi connectivity index (χ3n) is 0.504. The van der Waals surface area contributed by atoms with E-state index in [2.05, 4.69) is 0 Å². The van der Waals surface area contributed by atoms with E-state index in [0.29, 0.717) is 0 Å². The van der Waals surface area contributed by atoms with Crippen molar-refractivity contribution < 1.29 is 5.11 Å². The van der Waals surface area contributed by atoms with E-state index in [9.17, 15) is 0 Å². The lowest BCUT2D eigenvalue weighted by molar-refractivity contribution is 0.133. The molecule has 0 unspecified atom stereocenters. The second-order valence-electron chi connectivity index (χ2n) is 2.01. The zero-order valence-corrected chi connectivity index (χ0v) is 4.68. The van der Waals surface area contributed by atoms with Crippen LogP contribution in [-0.4, -0.2) is 10.7 Å². The molecule has 0 atom stereocenters. The van der Waals surface area contributed by atoms with Crippen LogP contribution in [0.4, 0.5) is 0 Å². The molecule has 0 spiro atoms. The van der Waals surface area contributed by atoms with Crippen molar-refractivity contribution in [2.45, 2.75) is 19.4 Å². The Hall–Kier alpha value is -0.500. The summed E-state index contributed by atoms with van der Waals surface area (Å²) in [5.41, 5.74) is 4.22. The molecular formula is C5H11NO. The largest absolute Gasteiger partial charge is 0.405 e. The maximum Gasteiger partial charge on any atom is 0.0788 e. The lowest BCUT2D eigenvalue weighted by Gasteiger charge is -2.08. The molecule has 0 heterocycles. The highest BCUT2D eigenvalue weighted by Crippen LogP contribution is 1.99. The Bertz CT molecular complexity index is 70.6. The van der Waals surface area contributed by atoms with Gasteiger partial charge in [0.1, 0.15) is 0 Å². The topological polar surface area (TPSA) is 46.2 Å². The van der Waals surface area contributed by atoms with Crippen LogP contribution in [0.2, 0.25) is 0 Å². The molecule has 2 heteroatoms. The van der Waals surface area contributed by atoms with Gasteiger partial charge in [-0.15, -0.1) is 0 Å². The molecule has 0 saturated carbocycles. The summed E-state index contributed by atoms with van der Waals surface area (Å²) in [7, 11) is 0. The Kier molecular flexibility index (Phi) is 1.84. The molecular weight excluding hydrogens is 90.1 g/mol. The zero-order valence-electron chi connectivity index (χ0n) is 4.68. The molecule has 0 aliphatic heterocycles. The molecule has 0 aliphatic carbocycles. The Labute approximate surface area is 43.6 Å². The fourth-order valence-corrected chi connectivity index (χ4v) is 0.235. The van der Waals surface area contributed by atoms with Crippen LogP contribution in [0.15, 0.2) is 12.3 Å². The summed E-state index contributed by atoms with van der Waals surface area (Å²) in [4.78, 5) is 0. The highest BCUT2D eigenvalue weighted by Gasteiger charge is 2.03. The van der Waals surface area contributed by atoms with Gasteiger partial charge in [0, 0.05) is 0 Å². The molecule has 0 amide bonds. The molecule has 0 bridgehead atoms. The van der Waals surface area contributed by atoms with Crippen molar-refractivity contribution in [3.63, 3.8) is 0 Å². The van der Waals surface area contributed by atoms with Crippen molar-refractivity contribution in [1.82, 2.24) is 0 Å². The first-order chi connectivity index (χ1) is 3.06. The number of hydrogen-bond acceptors (Lipinski definition) is 2. The zero-order chi connectivity index (χ0) is 5.91. The van der Waals surface area contributed by atoms with E-state index in [0.717, 1.165) is 0 Å². The van der Waals surface area contributed by atoms with Gasteiger partial charge in [-0.1, -0.05) is 0 Å². The Morgan fingerprint density at radius 1 is 1.57 bits per heavy atom. The number of aliphatic hydroxyl groups is 1. The van der Waals surface area contributed by atoms with Gasteiger partial charge >= 0.3 is 0 Å². The summed E-state index contributed by atoms with van der Waals surface area (Å²) in [5, 5.41) is 8.85. The van der Waals surface area contributed by atoms with Crippen LogP contribution in [0, 0.1) is 0 Å². The highest BCUT2D eigenvalue weighted by atomic mass is 16.3. The molecule has 0 aromatic carbocycles. The van der Waals surface area contributed by atoms with E-state index in [1.165, 1.54) is 12.3 Å². The van der Waals surface area contributed by atoms with E-state index in [1.54, 1.807) is 13.8 Å². The second-order valence-corrected chi connectivity index (χ2v) is 2.01. The third kappa shape index (κ3) is 5.50. The molecule has 0 aliphatic rings. The summed E-state index contributed by atoms with van der Waals surface area (Å²) < 4.78 is 0. The van der Waals surface area contributed by atoms with E-state index in [-0.39, 0.29) is 0 Å². The van der Waals surface area contributed by atoms with Crippen molar-refractivity contribution in [3.8, 4) is 0 Å². The summed E-state index contributed by atoms with van der Waals surface area (Å²) in [6, 6.07) is 0. The number of nitrogens with two attached hydrogens (primary N) is 1. The van der Waals surface area contributed by atoms with Gasteiger partial charge in [-0.05, 0) is 26.1 Å². The Morgan fingerprint density at radius 2 is 2.00 bits per heavy atom. The number of hydrogen-bond donors (Lipinski definition) is 2. The van der Waals surface area contributed by atoms with Gasteiger partial charge in [0.25, 0.3) is 0 Å². The Balaban J connectivity index is 3.56. The van der Waals surface area contributed by atoms with Crippen LogP contribution < -0.4 is 5.73 Å². The molecule has 0 aromatic heterocycles. The molecule has 0 aromatic rings. The Morgan fingerprint density at radius 3 is 2.00 bits per heavy atom. The number of rotatable bonds is 1. The molecule has 42 valence electrons. The minimum absolute atomic E-state index is 0.755. The molecule has 0 saturated heterocycles. The van der Waals surface area contributed by atoms with Gasteiger partial charge in [0.05, 0.1) is 5.60 Å². The normalized spacial score (nSPS) is 13.0. The molecule has 0 fully saturated rings. The molecule has 0 rings (SSSR count). The van der Waals surface area contributed by atoms with Gasteiger partial charge in [-0.3, -0.25) is 0 Å². The predicted molar refractivity (Wildman–Crippen MR) is 29.6 cm³/mol. The van der Waals surface area contributed by atoms with Gasteiger partial charge < -0.3 is 10.8 Å². The van der Waals surface area contributed by atoms with Gasteiger partial charge in [-0.25, -0.2) is 0 Å². The minimum atomic E-state index is -0.755. The molecule has 7 heavy (non-hydrogen) atoms. The first-order valence-electron chi connectivity index (χ1n) is 2.18. The van der Waals surface area contributed by atoms with Gasteiger partial charge in [0.2, 0.25) is 0 Å². The SMILES string of the molecule is CC(C)(O)C=CN. The van der Waals surface area contributed by atoms with Crippen LogP contribution in [0.1, 0.15) is 13.8 Å². The second kappa shape index (κ2) is 1.98. The van der Waals surface area contributed by atoms with Gasteiger partial charge in [-0.2, -0.15) is 0 Å². The average Bonchev–Trinajstić information content (AvgIpc) is 1.30. The van der Waals surface area contributed by atoms with E-state index in [1.807, 2.05) is 0 Å². The smallest absolute Gasteiger partial charge is 0.0788 e. The lowest BCUT2D eigenvalue weighted by Crippen LogP contribution is -2.14. The molecule has 3 N–H and O–H groups in total. The maximum absolute atomic E-state index is 8.85. The van der Waals surface area contributed by atoms with E-state index >= 15 is 0 Å². The van der Waals surface area contributed by atoms with Crippen molar-refractivity contribution in [2.75, 3.05) is 0 Å². The van der Waals surface area contributed by atoms with Crippen LogP contribution in [0.25, 0.3) is 0 Å². The lowest BCUT2D eigenvalue weighted by atomic mass is 10.1. The monoisotopic (exact) mass is 101 g/mol. The van der Waals surface area contributed by atoms with Crippen LogP contribution in [0.5, 0.6) is 0 Å². The van der Waals surface area contributed by atoms with Crippen molar-refractivity contribution >= 4 is 0 Å². The summed E-state index contributed by atoms with van der Waals surface area (Å²) in [6.07, 6.45) is 2.85. The fourth-order valence-electron chi connectivity index (χ4n) is 0.235. The summed E-state index contributed by atoms with van der Waals surface area (Å²) in [5.74, 6) is 0. The van der Waals surface area contributed by atoms with Gasteiger partial charge in [0.15, 0.2) is 0 Å². The van der Waals surface area contributed by atoms with Crippen LogP contribution in [0.3, 0.4) is 0 Å². The first-order valence-corrected chi connectivity index (χ1v) is 2.18. The van der Waals surface area contributed by atoms with Crippen molar-refractivity contribution in [1.29, 1.82) is 0 Å². The summed E-state index contributed by atoms with van der Waals surface area (Å²) in [6.45, 7) is 3.33. The van der Waals surface area contributed by atoms with E-state index < -0.39 is 5.60 Å².